The second kappa shape index (κ2) is 9.29. The maximum Gasteiger partial charge on any atom is 0.337 e. The normalized spacial score (nSPS) is 14.0. The molecule has 4 aromatic rings. The Morgan fingerprint density at radius 1 is 1.08 bits per heavy atom. The van der Waals surface area contributed by atoms with Crippen LogP contribution >= 0.6 is 0 Å². The minimum atomic E-state index is -1.24. The summed E-state index contributed by atoms with van der Waals surface area (Å²) in [6.45, 7) is 9.50. The average molecular weight is 505 g/mol. The van der Waals surface area contributed by atoms with Gasteiger partial charge >= 0.3 is 5.97 Å². The number of carbonyl (C=O) groups excluding carboxylic acids is 2. The summed E-state index contributed by atoms with van der Waals surface area (Å²) in [6, 6.07) is 12.7. The van der Waals surface area contributed by atoms with E-state index < -0.39 is 8.07 Å². The molecular weight excluding hydrogens is 472 g/mol. The van der Waals surface area contributed by atoms with Crippen LogP contribution in [0.5, 0.6) is 0 Å². The third-order valence-electron chi connectivity index (χ3n) is 6.57. The summed E-state index contributed by atoms with van der Waals surface area (Å²) in [5, 5.41) is 0.924. The molecule has 0 bridgehead atoms. The Balaban J connectivity index is 1.64. The Labute approximate surface area is 211 Å². The summed E-state index contributed by atoms with van der Waals surface area (Å²) in [5.74, 6) is 0.349. The second-order valence-electron chi connectivity index (χ2n) is 10.7. The Hall–Kier alpha value is -3.30. The van der Waals surface area contributed by atoms with Gasteiger partial charge in [-0.15, -0.1) is 0 Å². The van der Waals surface area contributed by atoms with Crippen molar-refractivity contribution in [2.24, 2.45) is 0 Å². The van der Waals surface area contributed by atoms with Gasteiger partial charge in [0.15, 0.2) is 11.6 Å². The number of ketones is 1. The van der Waals surface area contributed by atoms with Crippen LogP contribution in [0.2, 0.25) is 25.7 Å². The SMILES string of the molecule is COC(=O)c1ccc2c(c1)nc(-c1cc3ccc(C(C)=O)nc3n1COCC[Si](C)(C)C)n2C1CC1. The van der Waals surface area contributed by atoms with Crippen molar-refractivity contribution in [3.8, 4) is 11.5 Å². The number of aromatic nitrogens is 4. The summed E-state index contributed by atoms with van der Waals surface area (Å²) in [7, 11) is 0.140. The van der Waals surface area contributed by atoms with Crippen LogP contribution in [0.3, 0.4) is 0 Å². The van der Waals surface area contributed by atoms with Gasteiger partial charge in [-0.1, -0.05) is 19.6 Å². The number of pyridine rings is 1. The van der Waals surface area contributed by atoms with Crippen LogP contribution in [0.15, 0.2) is 36.4 Å². The van der Waals surface area contributed by atoms with E-state index >= 15 is 0 Å². The van der Waals surface area contributed by atoms with E-state index in [1.807, 2.05) is 16.7 Å². The van der Waals surface area contributed by atoms with Crippen molar-refractivity contribution in [3.63, 3.8) is 0 Å². The van der Waals surface area contributed by atoms with E-state index in [0.29, 0.717) is 36.3 Å². The largest absolute Gasteiger partial charge is 0.465 e. The molecule has 0 spiro atoms. The van der Waals surface area contributed by atoms with E-state index in [1.165, 1.54) is 14.0 Å². The smallest absolute Gasteiger partial charge is 0.337 e. The first-order chi connectivity index (χ1) is 17.2. The van der Waals surface area contributed by atoms with Crippen molar-refractivity contribution < 1.29 is 19.1 Å². The Morgan fingerprint density at radius 3 is 2.53 bits per heavy atom. The van der Waals surface area contributed by atoms with Crippen molar-refractivity contribution in [2.75, 3.05) is 13.7 Å². The molecule has 36 heavy (non-hydrogen) atoms. The molecule has 1 saturated carbocycles. The number of carbonyl (C=O) groups is 2. The molecule has 0 atom stereocenters. The van der Waals surface area contributed by atoms with Gasteiger partial charge < -0.3 is 14.0 Å². The van der Waals surface area contributed by atoms with Gasteiger partial charge in [-0.3, -0.25) is 9.36 Å². The summed E-state index contributed by atoms with van der Waals surface area (Å²) in [6.07, 6.45) is 2.16. The van der Waals surface area contributed by atoms with Gasteiger partial charge in [0.1, 0.15) is 18.1 Å². The zero-order valence-electron chi connectivity index (χ0n) is 21.5. The van der Waals surface area contributed by atoms with Crippen LogP contribution in [-0.4, -0.2) is 52.6 Å². The number of esters is 1. The van der Waals surface area contributed by atoms with Gasteiger partial charge in [-0.25, -0.2) is 14.8 Å². The maximum absolute atomic E-state index is 12.1. The number of fused-ring (bicyclic) bond motifs is 2. The highest BCUT2D eigenvalue weighted by Gasteiger charge is 2.30. The molecule has 188 valence electrons. The lowest BCUT2D eigenvalue weighted by Crippen LogP contribution is -2.22. The molecule has 5 rings (SSSR count). The minimum Gasteiger partial charge on any atom is -0.465 e. The standard InChI is InChI=1S/C27H32N4O4Si/c1-17(32)21-10-6-18-15-24(30(25(18)28-21)16-35-12-13-36(3,4)5)26-29-22-14-19(27(33)34-2)7-11-23(22)31(26)20-8-9-20/h6-7,10-11,14-15,20H,8-9,12-13,16H2,1-5H3. The van der Waals surface area contributed by atoms with Gasteiger partial charge in [-0.2, -0.15) is 0 Å². The zero-order valence-corrected chi connectivity index (χ0v) is 22.5. The lowest BCUT2D eigenvalue weighted by Gasteiger charge is -2.17. The van der Waals surface area contributed by atoms with Crippen molar-refractivity contribution in [1.29, 1.82) is 0 Å². The number of Topliss-reactive ketones (excluding diaryl/α,β-unsaturated/α-hetero) is 1. The molecule has 1 aliphatic carbocycles. The monoisotopic (exact) mass is 504 g/mol. The molecular formula is C27H32N4O4Si. The Bertz CT molecular complexity index is 1480. The fourth-order valence-electron chi connectivity index (χ4n) is 4.40. The van der Waals surface area contributed by atoms with Crippen molar-refractivity contribution >= 4 is 41.9 Å². The highest BCUT2D eigenvalue weighted by Crippen LogP contribution is 2.42. The van der Waals surface area contributed by atoms with Crippen LogP contribution in [0.1, 0.15) is 46.7 Å². The molecule has 1 fully saturated rings. The number of hydrogen-bond acceptors (Lipinski definition) is 6. The van der Waals surface area contributed by atoms with Crippen LogP contribution in [0.25, 0.3) is 33.6 Å². The molecule has 3 heterocycles. The van der Waals surface area contributed by atoms with E-state index in [0.717, 1.165) is 46.8 Å². The van der Waals surface area contributed by atoms with E-state index in [9.17, 15) is 9.59 Å². The van der Waals surface area contributed by atoms with Crippen molar-refractivity contribution in [2.45, 2.75) is 58.2 Å². The van der Waals surface area contributed by atoms with Gasteiger partial charge in [0.05, 0.1) is 29.4 Å². The van der Waals surface area contributed by atoms with Gasteiger partial charge in [-0.05, 0) is 55.3 Å². The summed E-state index contributed by atoms with van der Waals surface area (Å²) in [4.78, 5) is 33.9. The summed E-state index contributed by atoms with van der Waals surface area (Å²) < 4.78 is 15.3. The molecule has 1 aromatic carbocycles. The first-order valence-corrected chi connectivity index (χ1v) is 16.1. The molecule has 0 amide bonds. The number of nitrogens with zero attached hydrogens (tertiary/aromatic N) is 4. The molecule has 0 saturated heterocycles. The molecule has 8 nitrogen and oxygen atoms in total. The topological polar surface area (TPSA) is 88.2 Å². The molecule has 9 heteroatoms. The van der Waals surface area contributed by atoms with E-state index in [4.69, 9.17) is 14.5 Å². The first-order valence-electron chi connectivity index (χ1n) is 12.4. The third-order valence-corrected chi connectivity index (χ3v) is 8.28. The molecule has 1 aliphatic rings. The van der Waals surface area contributed by atoms with Crippen molar-refractivity contribution in [1.82, 2.24) is 19.1 Å². The van der Waals surface area contributed by atoms with Crippen LogP contribution in [0, 0.1) is 0 Å². The number of ether oxygens (including phenoxy) is 2. The van der Waals surface area contributed by atoms with Gasteiger partial charge in [0.25, 0.3) is 0 Å². The molecule has 0 radical (unpaired) electrons. The number of imidazole rings is 1. The number of methoxy groups -OCH3 is 1. The van der Waals surface area contributed by atoms with Crippen LogP contribution in [0.4, 0.5) is 0 Å². The summed E-state index contributed by atoms with van der Waals surface area (Å²) in [5.41, 5.74) is 4.21. The summed E-state index contributed by atoms with van der Waals surface area (Å²) >= 11 is 0. The van der Waals surface area contributed by atoms with Gasteiger partial charge in [0.2, 0.25) is 0 Å². The highest BCUT2D eigenvalue weighted by molar-refractivity contribution is 6.76. The molecule has 0 N–H and O–H groups in total. The molecule has 3 aromatic heterocycles. The number of hydrogen-bond donors (Lipinski definition) is 0. The fraction of sp³-hybridized carbons (Fsp3) is 0.407. The van der Waals surface area contributed by atoms with Crippen molar-refractivity contribution in [3.05, 3.63) is 47.7 Å². The van der Waals surface area contributed by atoms with E-state index in [1.54, 1.807) is 18.2 Å². The Morgan fingerprint density at radius 2 is 1.86 bits per heavy atom. The second-order valence-corrected chi connectivity index (χ2v) is 16.3. The minimum absolute atomic E-state index is 0.0774. The molecule has 0 aliphatic heterocycles. The fourth-order valence-corrected chi connectivity index (χ4v) is 5.16. The van der Waals surface area contributed by atoms with Gasteiger partial charge in [0, 0.05) is 33.0 Å². The zero-order chi connectivity index (χ0) is 25.6. The predicted molar refractivity (Wildman–Crippen MR) is 142 cm³/mol. The van der Waals surface area contributed by atoms with E-state index in [2.05, 4.69) is 35.3 Å². The lowest BCUT2D eigenvalue weighted by atomic mass is 10.2. The average Bonchev–Trinajstić information content (AvgIpc) is 3.51. The lowest BCUT2D eigenvalue weighted by molar-refractivity contribution is 0.0600. The quantitative estimate of drug-likeness (QED) is 0.126. The predicted octanol–water partition coefficient (Wildman–Crippen LogP) is 5.69. The Kier molecular flexibility index (Phi) is 6.30. The number of rotatable bonds is 9. The number of benzene rings is 1. The molecule has 0 unspecified atom stereocenters. The van der Waals surface area contributed by atoms with E-state index in [-0.39, 0.29) is 11.8 Å². The van der Waals surface area contributed by atoms with Crippen LogP contribution in [-0.2, 0) is 16.2 Å². The first kappa shape index (κ1) is 24.4. The highest BCUT2D eigenvalue weighted by atomic mass is 28.3. The third kappa shape index (κ3) is 4.72. The maximum atomic E-state index is 12.1. The van der Waals surface area contributed by atoms with Crippen LogP contribution < -0.4 is 0 Å².